The predicted molar refractivity (Wildman–Crippen MR) is 84.2 cm³/mol. The molecule has 1 N–H and O–H groups in total. The van der Waals surface area contributed by atoms with Gasteiger partial charge in [-0.15, -0.1) is 12.4 Å². The van der Waals surface area contributed by atoms with Crippen molar-refractivity contribution >= 4 is 12.4 Å². The summed E-state index contributed by atoms with van der Waals surface area (Å²) in [6.07, 6.45) is 3.52. The molecule has 23 heavy (non-hydrogen) atoms. The molecule has 124 valence electrons. The average Bonchev–Trinajstić information content (AvgIpc) is 3.20. The molecule has 4 rings (SSSR count). The van der Waals surface area contributed by atoms with Crippen molar-refractivity contribution in [1.29, 1.82) is 0 Å². The van der Waals surface area contributed by atoms with E-state index in [4.69, 9.17) is 9.26 Å². The number of ether oxygens (including phenoxy) is 1. The first-order valence-electron chi connectivity index (χ1n) is 7.68. The van der Waals surface area contributed by atoms with Gasteiger partial charge in [0.05, 0.1) is 5.41 Å². The van der Waals surface area contributed by atoms with Gasteiger partial charge in [-0.2, -0.15) is 4.98 Å². The minimum absolute atomic E-state index is 0. The van der Waals surface area contributed by atoms with Gasteiger partial charge in [0.2, 0.25) is 11.7 Å². The maximum atomic E-state index is 13.1. The largest absolute Gasteiger partial charge is 0.485 e. The number of nitrogens with one attached hydrogen (secondary N) is 1. The van der Waals surface area contributed by atoms with Crippen LogP contribution < -0.4 is 10.1 Å². The number of benzene rings is 1. The summed E-state index contributed by atoms with van der Waals surface area (Å²) in [6, 6.07) is 6.04. The first-order valence-corrected chi connectivity index (χ1v) is 7.68. The van der Waals surface area contributed by atoms with Crippen LogP contribution in [0.3, 0.4) is 0 Å². The van der Waals surface area contributed by atoms with Crippen LogP contribution in [0.2, 0.25) is 0 Å². The zero-order valence-electron chi connectivity index (χ0n) is 12.6. The second kappa shape index (κ2) is 6.45. The van der Waals surface area contributed by atoms with Crippen molar-refractivity contribution in [2.24, 2.45) is 5.92 Å². The van der Waals surface area contributed by atoms with E-state index in [9.17, 15) is 4.39 Å². The lowest BCUT2D eigenvalue weighted by molar-refractivity contribution is 0.257. The Balaban J connectivity index is 0.00000156. The molecule has 5 nitrogen and oxygen atoms in total. The second-order valence-electron chi connectivity index (χ2n) is 6.14. The highest BCUT2D eigenvalue weighted by Crippen LogP contribution is 2.47. The summed E-state index contributed by atoms with van der Waals surface area (Å²) in [5, 5.41) is 7.46. The Morgan fingerprint density at radius 2 is 2.35 bits per heavy atom. The fraction of sp³-hybridized carbons (Fsp3) is 0.500. The summed E-state index contributed by atoms with van der Waals surface area (Å²) in [4.78, 5) is 4.53. The molecule has 1 aromatic carbocycles. The zero-order valence-corrected chi connectivity index (χ0v) is 13.4. The van der Waals surface area contributed by atoms with Crippen LogP contribution in [-0.4, -0.2) is 23.2 Å². The Morgan fingerprint density at radius 1 is 1.43 bits per heavy atom. The van der Waals surface area contributed by atoms with Crippen LogP contribution in [-0.2, 0) is 12.0 Å². The smallest absolute Gasteiger partial charge is 0.234 e. The molecule has 1 saturated heterocycles. The maximum absolute atomic E-state index is 13.1. The third kappa shape index (κ3) is 2.93. The van der Waals surface area contributed by atoms with Crippen molar-refractivity contribution in [3.63, 3.8) is 0 Å². The number of fused-ring (bicyclic) bond motifs is 1. The van der Waals surface area contributed by atoms with Crippen LogP contribution in [0.15, 0.2) is 28.8 Å². The van der Waals surface area contributed by atoms with Gasteiger partial charge in [0, 0.05) is 12.6 Å². The summed E-state index contributed by atoms with van der Waals surface area (Å²) in [6.45, 7) is 2.11. The van der Waals surface area contributed by atoms with E-state index in [1.54, 1.807) is 12.1 Å². The number of aromatic nitrogens is 2. The molecule has 0 radical (unpaired) electrons. The molecule has 2 atom stereocenters. The molecule has 1 saturated carbocycles. The van der Waals surface area contributed by atoms with Crippen LogP contribution in [0, 0.1) is 11.7 Å². The van der Waals surface area contributed by atoms with Crippen molar-refractivity contribution in [1.82, 2.24) is 15.5 Å². The van der Waals surface area contributed by atoms with Crippen LogP contribution >= 0.6 is 12.4 Å². The highest BCUT2D eigenvalue weighted by Gasteiger charge is 2.51. The summed E-state index contributed by atoms with van der Waals surface area (Å²) >= 11 is 0. The minimum Gasteiger partial charge on any atom is -0.485 e. The van der Waals surface area contributed by atoms with Crippen LogP contribution in [0.5, 0.6) is 5.75 Å². The molecule has 7 heteroatoms. The number of hydrogen-bond donors (Lipinski definition) is 1. The number of rotatable bonds is 4. The second-order valence-corrected chi connectivity index (χ2v) is 6.14. The van der Waals surface area contributed by atoms with Gasteiger partial charge in [0.25, 0.3) is 0 Å². The molecule has 2 heterocycles. The van der Waals surface area contributed by atoms with E-state index < -0.39 is 0 Å². The predicted octanol–water partition coefficient (Wildman–Crippen LogP) is 2.85. The number of nitrogens with zero attached hydrogens (tertiary/aromatic N) is 2. The van der Waals surface area contributed by atoms with E-state index in [1.807, 2.05) is 0 Å². The van der Waals surface area contributed by atoms with Crippen molar-refractivity contribution in [2.75, 3.05) is 13.1 Å². The van der Waals surface area contributed by atoms with E-state index in [-0.39, 0.29) is 30.2 Å². The lowest BCUT2D eigenvalue weighted by Crippen LogP contribution is -2.31. The van der Waals surface area contributed by atoms with Gasteiger partial charge in [-0.3, -0.25) is 0 Å². The van der Waals surface area contributed by atoms with Gasteiger partial charge >= 0.3 is 0 Å². The average molecular weight is 340 g/mol. The van der Waals surface area contributed by atoms with Gasteiger partial charge in [0.15, 0.2) is 6.61 Å². The Hall–Kier alpha value is -1.66. The topological polar surface area (TPSA) is 60.2 Å². The van der Waals surface area contributed by atoms with Gasteiger partial charge in [-0.05, 0) is 37.4 Å². The summed E-state index contributed by atoms with van der Waals surface area (Å²) in [5.41, 5.74) is 0.00407. The fourth-order valence-electron chi connectivity index (χ4n) is 3.72. The Bertz CT molecular complexity index is 669. The molecule has 2 fully saturated rings. The summed E-state index contributed by atoms with van der Waals surface area (Å²) in [5.74, 6) is 1.95. The Morgan fingerprint density at radius 3 is 3.22 bits per heavy atom. The van der Waals surface area contributed by atoms with Crippen molar-refractivity contribution in [2.45, 2.75) is 31.3 Å². The van der Waals surface area contributed by atoms with Gasteiger partial charge in [0.1, 0.15) is 11.6 Å². The molecule has 2 aromatic rings. The van der Waals surface area contributed by atoms with Gasteiger partial charge < -0.3 is 14.6 Å². The molecule has 1 aliphatic heterocycles. The van der Waals surface area contributed by atoms with E-state index in [0.29, 0.717) is 17.5 Å². The molecule has 0 spiro atoms. The SMILES string of the molecule is Cl.Fc1cccc(OCc2noc([C@@]34CCC[C@@H]3CNC4)n2)c1. The molecular weight excluding hydrogens is 321 g/mol. The maximum Gasteiger partial charge on any atom is 0.234 e. The van der Waals surface area contributed by atoms with Gasteiger partial charge in [-0.25, -0.2) is 4.39 Å². The van der Waals surface area contributed by atoms with Crippen LogP contribution in [0.1, 0.15) is 31.0 Å². The molecule has 0 bridgehead atoms. The number of hydrogen-bond acceptors (Lipinski definition) is 5. The summed E-state index contributed by atoms with van der Waals surface area (Å²) < 4.78 is 24.1. The Labute approximate surface area is 140 Å². The molecule has 2 aliphatic rings. The normalized spacial score (nSPS) is 25.9. The highest BCUT2D eigenvalue weighted by atomic mass is 35.5. The standard InChI is InChI=1S/C16H18FN3O2.ClH/c17-12-4-1-5-13(7-12)21-9-14-19-15(22-20-14)16-6-2-3-11(16)8-18-10-16;/h1,4-5,7,11,18H,2-3,6,8-10H2;1H/t11-,16-;/m1./s1. The number of halogens is 2. The van der Waals surface area contributed by atoms with E-state index in [0.717, 1.165) is 25.4 Å². The van der Waals surface area contributed by atoms with Crippen molar-refractivity contribution in [3.8, 4) is 5.75 Å². The lowest BCUT2D eigenvalue weighted by atomic mass is 9.80. The van der Waals surface area contributed by atoms with Crippen LogP contribution in [0.4, 0.5) is 4.39 Å². The molecular formula is C16H19ClFN3O2. The Kier molecular flexibility index (Phi) is 4.55. The fourth-order valence-corrected chi connectivity index (χ4v) is 3.72. The first kappa shape index (κ1) is 16.2. The van der Waals surface area contributed by atoms with Gasteiger partial charge in [-0.1, -0.05) is 17.6 Å². The molecule has 1 aliphatic carbocycles. The zero-order chi connectivity index (χ0) is 15.0. The summed E-state index contributed by atoms with van der Waals surface area (Å²) in [7, 11) is 0. The molecule has 1 aromatic heterocycles. The van der Waals surface area contributed by atoms with E-state index >= 15 is 0 Å². The minimum atomic E-state index is -0.323. The van der Waals surface area contributed by atoms with Crippen molar-refractivity contribution in [3.05, 3.63) is 41.8 Å². The quantitative estimate of drug-likeness (QED) is 0.928. The third-order valence-corrected chi connectivity index (χ3v) is 4.85. The molecule has 0 unspecified atom stereocenters. The van der Waals surface area contributed by atoms with Crippen LogP contribution in [0.25, 0.3) is 0 Å². The first-order chi connectivity index (χ1) is 10.8. The monoisotopic (exact) mass is 339 g/mol. The van der Waals surface area contributed by atoms with Crippen molar-refractivity contribution < 1.29 is 13.7 Å². The molecule has 0 amide bonds. The van der Waals surface area contributed by atoms with E-state index in [1.165, 1.54) is 25.0 Å². The highest BCUT2D eigenvalue weighted by molar-refractivity contribution is 5.85. The third-order valence-electron chi connectivity index (χ3n) is 4.85. The lowest BCUT2D eigenvalue weighted by Gasteiger charge is -2.22. The van der Waals surface area contributed by atoms with E-state index in [2.05, 4.69) is 15.5 Å².